The van der Waals surface area contributed by atoms with E-state index in [1.807, 2.05) is 13.8 Å². The molecule has 104 valence electrons. The van der Waals surface area contributed by atoms with Crippen molar-refractivity contribution in [2.24, 2.45) is 5.92 Å². The molecular formula is C14H16N4O2. The second kappa shape index (κ2) is 5.21. The first kappa shape index (κ1) is 13.9. The number of nitrogen functional groups attached to an aromatic ring is 1. The van der Waals surface area contributed by atoms with E-state index < -0.39 is 6.04 Å². The third-order valence-corrected chi connectivity index (χ3v) is 3.22. The van der Waals surface area contributed by atoms with Crippen LogP contribution >= 0.6 is 0 Å². The summed E-state index contributed by atoms with van der Waals surface area (Å²) in [6.07, 6.45) is 0. The first-order valence-corrected chi connectivity index (χ1v) is 6.25. The average Bonchev–Trinajstić information content (AvgIpc) is 2.75. The molecule has 0 fully saturated rings. The van der Waals surface area contributed by atoms with Crippen molar-refractivity contribution in [3.63, 3.8) is 0 Å². The van der Waals surface area contributed by atoms with Crippen LogP contribution in [0.4, 0.5) is 5.95 Å². The number of anilines is 1. The molecule has 2 N–H and O–H groups in total. The lowest BCUT2D eigenvalue weighted by Crippen LogP contribution is -2.26. The Labute approximate surface area is 116 Å². The Morgan fingerprint density at radius 3 is 2.75 bits per heavy atom. The Kier molecular flexibility index (Phi) is 3.61. The van der Waals surface area contributed by atoms with Gasteiger partial charge in [-0.15, -0.1) is 0 Å². The van der Waals surface area contributed by atoms with E-state index in [9.17, 15) is 4.79 Å². The van der Waals surface area contributed by atoms with Crippen LogP contribution in [0, 0.1) is 17.2 Å². The number of fused-ring (bicyclic) bond motifs is 1. The highest BCUT2D eigenvalue weighted by atomic mass is 16.5. The molecular weight excluding hydrogens is 256 g/mol. The largest absolute Gasteiger partial charge is 0.467 e. The number of benzene rings is 1. The van der Waals surface area contributed by atoms with E-state index in [-0.39, 0.29) is 17.8 Å². The van der Waals surface area contributed by atoms with E-state index in [4.69, 9.17) is 15.7 Å². The molecule has 0 saturated carbocycles. The highest BCUT2D eigenvalue weighted by molar-refractivity contribution is 5.86. The number of nitrogens with two attached hydrogens (primary N) is 1. The van der Waals surface area contributed by atoms with Crippen molar-refractivity contribution in [3.05, 3.63) is 23.8 Å². The summed E-state index contributed by atoms with van der Waals surface area (Å²) in [6, 6.07) is 6.70. The number of hydrogen-bond donors (Lipinski definition) is 1. The zero-order chi connectivity index (χ0) is 14.9. The van der Waals surface area contributed by atoms with Crippen molar-refractivity contribution in [1.29, 1.82) is 5.26 Å². The molecule has 0 aliphatic rings. The van der Waals surface area contributed by atoms with Gasteiger partial charge in [0.2, 0.25) is 5.95 Å². The number of esters is 1. The Balaban J connectivity index is 2.73. The van der Waals surface area contributed by atoms with E-state index in [0.717, 1.165) is 0 Å². The quantitative estimate of drug-likeness (QED) is 0.861. The van der Waals surface area contributed by atoms with Crippen LogP contribution in [0.5, 0.6) is 0 Å². The molecule has 0 amide bonds. The van der Waals surface area contributed by atoms with Gasteiger partial charge in [0.25, 0.3) is 0 Å². The fraction of sp³-hybridized carbons (Fsp3) is 0.357. The maximum atomic E-state index is 12.0. The van der Waals surface area contributed by atoms with Crippen molar-refractivity contribution in [2.75, 3.05) is 12.8 Å². The van der Waals surface area contributed by atoms with Gasteiger partial charge in [0.15, 0.2) is 0 Å². The number of nitriles is 1. The maximum Gasteiger partial charge on any atom is 0.329 e. The van der Waals surface area contributed by atoms with Crippen molar-refractivity contribution >= 4 is 23.0 Å². The number of ether oxygens (including phenoxy) is 1. The molecule has 0 aliphatic heterocycles. The zero-order valence-corrected chi connectivity index (χ0v) is 11.6. The summed E-state index contributed by atoms with van der Waals surface area (Å²) in [5, 5.41) is 9.11. The number of nitrogens with zero attached hydrogens (tertiary/aromatic N) is 3. The van der Waals surface area contributed by atoms with Gasteiger partial charge in [-0.1, -0.05) is 19.9 Å². The topological polar surface area (TPSA) is 93.9 Å². The fourth-order valence-electron chi connectivity index (χ4n) is 2.31. The molecule has 0 bridgehead atoms. The number of carbonyl (C=O) groups excluding carboxylic acids is 1. The summed E-state index contributed by atoms with van der Waals surface area (Å²) < 4.78 is 6.48. The van der Waals surface area contributed by atoms with Crippen LogP contribution in [0.1, 0.15) is 25.5 Å². The molecule has 2 aromatic rings. The first-order chi connectivity index (χ1) is 9.51. The molecule has 1 aromatic carbocycles. The lowest BCUT2D eigenvalue weighted by Gasteiger charge is -2.21. The second-order valence-corrected chi connectivity index (χ2v) is 4.84. The smallest absolute Gasteiger partial charge is 0.329 e. The minimum Gasteiger partial charge on any atom is -0.467 e. The second-order valence-electron chi connectivity index (χ2n) is 4.84. The van der Waals surface area contributed by atoms with Gasteiger partial charge in [-0.3, -0.25) is 4.57 Å². The van der Waals surface area contributed by atoms with Crippen LogP contribution in [0.2, 0.25) is 0 Å². The molecule has 20 heavy (non-hydrogen) atoms. The number of methoxy groups -OCH3 is 1. The molecule has 0 aliphatic carbocycles. The van der Waals surface area contributed by atoms with Crippen molar-refractivity contribution in [2.45, 2.75) is 19.9 Å². The summed E-state index contributed by atoms with van der Waals surface area (Å²) in [6.45, 7) is 3.81. The Hall–Kier alpha value is -2.55. The normalized spacial score (nSPS) is 12.3. The van der Waals surface area contributed by atoms with E-state index in [0.29, 0.717) is 16.6 Å². The lowest BCUT2D eigenvalue weighted by atomic mass is 10.0. The van der Waals surface area contributed by atoms with Crippen LogP contribution in [-0.4, -0.2) is 22.6 Å². The van der Waals surface area contributed by atoms with E-state index in [2.05, 4.69) is 11.1 Å². The number of rotatable bonds is 3. The fourth-order valence-corrected chi connectivity index (χ4v) is 2.31. The minimum atomic E-state index is -0.570. The third-order valence-electron chi connectivity index (χ3n) is 3.22. The Morgan fingerprint density at radius 1 is 1.50 bits per heavy atom. The molecule has 6 nitrogen and oxygen atoms in total. The SMILES string of the molecule is COC(=O)C(C(C)C)n1c(N)nc2c(C#N)cccc21. The van der Waals surface area contributed by atoms with E-state index >= 15 is 0 Å². The van der Waals surface area contributed by atoms with E-state index in [1.165, 1.54) is 7.11 Å². The third kappa shape index (κ3) is 2.07. The van der Waals surface area contributed by atoms with Gasteiger partial charge in [0.05, 0.1) is 18.2 Å². The lowest BCUT2D eigenvalue weighted by molar-refractivity contribution is -0.145. The van der Waals surface area contributed by atoms with Crippen molar-refractivity contribution < 1.29 is 9.53 Å². The number of carbonyl (C=O) groups is 1. The van der Waals surface area contributed by atoms with Gasteiger partial charge in [-0.05, 0) is 18.1 Å². The van der Waals surface area contributed by atoms with Gasteiger partial charge in [-0.2, -0.15) is 5.26 Å². The Morgan fingerprint density at radius 2 is 2.20 bits per heavy atom. The van der Waals surface area contributed by atoms with E-state index in [1.54, 1.807) is 22.8 Å². The number of aromatic nitrogens is 2. The summed E-state index contributed by atoms with van der Waals surface area (Å²) in [5.41, 5.74) is 7.53. The van der Waals surface area contributed by atoms with Crippen molar-refractivity contribution in [3.8, 4) is 6.07 Å². The summed E-state index contributed by atoms with van der Waals surface area (Å²) in [7, 11) is 1.34. The molecule has 0 radical (unpaired) electrons. The summed E-state index contributed by atoms with van der Waals surface area (Å²) >= 11 is 0. The Bertz CT molecular complexity index is 697. The van der Waals surface area contributed by atoms with Crippen LogP contribution in [0.25, 0.3) is 11.0 Å². The van der Waals surface area contributed by atoms with Gasteiger partial charge in [0.1, 0.15) is 17.6 Å². The standard InChI is InChI=1S/C14H16N4O2/c1-8(2)12(13(19)20-3)18-10-6-4-5-9(7-15)11(10)17-14(18)16/h4-6,8,12H,1-3H3,(H2,16,17). The predicted molar refractivity (Wildman–Crippen MR) is 74.8 cm³/mol. The maximum absolute atomic E-state index is 12.0. The van der Waals surface area contributed by atoms with Crippen LogP contribution in [0.15, 0.2) is 18.2 Å². The molecule has 0 spiro atoms. The highest BCUT2D eigenvalue weighted by Crippen LogP contribution is 2.29. The molecule has 6 heteroatoms. The van der Waals surface area contributed by atoms with Gasteiger partial charge >= 0.3 is 5.97 Å². The monoisotopic (exact) mass is 272 g/mol. The molecule has 1 aromatic heterocycles. The van der Waals surface area contributed by atoms with Gasteiger partial charge < -0.3 is 10.5 Å². The van der Waals surface area contributed by atoms with Crippen LogP contribution in [-0.2, 0) is 9.53 Å². The van der Waals surface area contributed by atoms with Crippen LogP contribution < -0.4 is 5.73 Å². The van der Waals surface area contributed by atoms with Crippen LogP contribution in [0.3, 0.4) is 0 Å². The minimum absolute atomic E-state index is 0.0205. The van der Waals surface area contributed by atoms with Gasteiger partial charge in [0, 0.05) is 0 Å². The molecule has 1 heterocycles. The van der Waals surface area contributed by atoms with Crippen molar-refractivity contribution in [1.82, 2.24) is 9.55 Å². The van der Waals surface area contributed by atoms with Gasteiger partial charge in [-0.25, -0.2) is 9.78 Å². The zero-order valence-electron chi connectivity index (χ0n) is 11.6. The summed E-state index contributed by atoms with van der Waals surface area (Å²) in [5.74, 6) is -0.201. The first-order valence-electron chi connectivity index (χ1n) is 6.25. The average molecular weight is 272 g/mol. The summed E-state index contributed by atoms with van der Waals surface area (Å²) in [4.78, 5) is 16.2. The molecule has 0 saturated heterocycles. The molecule has 1 atom stereocenters. The molecule has 1 unspecified atom stereocenters. The number of para-hydroxylation sites is 1. The predicted octanol–water partition coefficient (Wildman–Crippen LogP) is 1.86. The number of imidazole rings is 1. The number of hydrogen-bond acceptors (Lipinski definition) is 5. The highest BCUT2D eigenvalue weighted by Gasteiger charge is 2.29. The molecule has 2 rings (SSSR count).